The summed E-state index contributed by atoms with van der Waals surface area (Å²) in [5.41, 5.74) is 12.2. The van der Waals surface area contributed by atoms with Gasteiger partial charge in [-0.2, -0.15) is 0 Å². The van der Waals surface area contributed by atoms with Crippen molar-refractivity contribution in [1.29, 1.82) is 0 Å². The van der Waals surface area contributed by atoms with Crippen LogP contribution in [-0.2, 0) is 21.1 Å². The number of aromatic amines is 1. The van der Waals surface area contributed by atoms with Crippen LogP contribution in [-0.4, -0.2) is 53.9 Å². The lowest BCUT2D eigenvalue weighted by Gasteiger charge is -2.28. The van der Waals surface area contributed by atoms with Crippen LogP contribution in [0.25, 0.3) is 33.2 Å². The Kier molecular flexibility index (Phi) is 4.85. The molecule has 0 bridgehead atoms. The number of rotatable bonds is 4. The van der Waals surface area contributed by atoms with Crippen molar-refractivity contribution in [3.8, 4) is 11.3 Å². The van der Waals surface area contributed by atoms with E-state index in [4.69, 9.17) is 10.7 Å². The predicted octanol–water partition coefficient (Wildman–Crippen LogP) is 2.35. The second kappa shape index (κ2) is 7.59. The van der Waals surface area contributed by atoms with Gasteiger partial charge in [0.1, 0.15) is 0 Å². The van der Waals surface area contributed by atoms with Crippen LogP contribution >= 0.6 is 0 Å². The van der Waals surface area contributed by atoms with E-state index in [1.54, 1.807) is 6.20 Å². The van der Waals surface area contributed by atoms with Gasteiger partial charge in [0.2, 0.25) is 5.91 Å². The van der Waals surface area contributed by atoms with Crippen molar-refractivity contribution in [2.24, 2.45) is 5.73 Å². The average molecular weight is 450 g/mol. The fourth-order valence-electron chi connectivity index (χ4n) is 4.17. The Balaban J connectivity index is 1.63. The molecule has 0 radical (unpaired) electrons. The maximum atomic E-state index is 11.8. The lowest BCUT2D eigenvalue weighted by Crippen LogP contribution is -2.40. The minimum Gasteiger partial charge on any atom is -0.369 e. The second-order valence-electron chi connectivity index (χ2n) is 8.22. The van der Waals surface area contributed by atoms with Crippen LogP contribution in [0.1, 0.15) is 11.3 Å². The topological polar surface area (TPSA) is 122 Å². The van der Waals surface area contributed by atoms with Gasteiger partial charge in [-0.15, -0.1) is 0 Å². The first-order valence-electron chi connectivity index (χ1n) is 10.4. The minimum atomic E-state index is -2.95. The van der Waals surface area contributed by atoms with Crippen LogP contribution in [0.4, 0.5) is 5.69 Å². The van der Waals surface area contributed by atoms with Gasteiger partial charge in [-0.1, -0.05) is 0 Å². The van der Waals surface area contributed by atoms with E-state index < -0.39 is 15.7 Å². The third-order valence-electron chi connectivity index (χ3n) is 5.90. The average Bonchev–Trinajstić information content (AvgIpc) is 3.12. The number of sulfone groups is 1. The number of anilines is 1. The number of primary amides is 1. The highest BCUT2D eigenvalue weighted by molar-refractivity contribution is 7.91. The van der Waals surface area contributed by atoms with Crippen molar-refractivity contribution in [3.63, 3.8) is 0 Å². The van der Waals surface area contributed by atoms with Crippen LogP contribution in [0.5, 0.6) is 0 Å². The van der Waals surface area contributed by atoms with Gasteiger partial charge in [-0.3, -0.25) is 9.78 Å². The van der Waals surface area contributed by atoms with E-state index in [0.29, 0.717) is 13.1 Å². The smallest absolute Gasteiger partial charge is 0.221 e. The fraction of sp³-hybridized carbons (Fsp3) is 0.261. The van der Waals surface area contributed by atoms with Crippen LogP contribution in [0.15, 0.2) is 42.6 Å². The lowest BCUT2D eigenvalue weighted by molar-refractivity contribution is -0.117. The van der Waals surface area contributed by atoms with Crippen molar-refractivity contribution >= 4 is 43.4 Å². The normalized spacial score (nSPS) is 16.0. The Bertz CT molecular complexity index is 1440. The minimum absolute atomic E-state index is 0.0922. The first-order valence-corrected chi connectivity index (χ1v) is 12.2. The van der Waals surface area contributed by atoms with Gasteiger partial charge < -0.3 is 15.6 Å². The summed E-state index contributed by atoms with van der Waals surface area (Å²) in [7, 11) is -2.95. The van der Waals surface area contributed by atoms with E-state index in [0.717, 1.165) is 50.1 Å². The molecular weight excluding hydrogens is 426 g/mol. The highest BCUT2D eigenvalue weighted by atomic mass is 32.2. The summed E-state index contributed by atoms with van der Waals surface area (Å²) in [4.78, 5) is 26.5. The van der Waals surface area contributed by atoms with Crippen LogP contribution < -0.4 is 10.6 Å². The number of aryl methyl sites for hydroxylation is 1. The molecule has 1 fully saturated rings. The molecule has 4 heterocycles. The van der Waals surface area contributed by atoms with Gasteiger partial charge in [0, 0.05) is 41.6 Å². The van der Waals surface area contributed by atoms with E-state index in [2.05, 4.69) is 14.9 Å². The van der Waals surface area contributed by atoms with Gasteiger partial charge in [0.05, 0.1) is 40.2 Å². The summed E-state index contributed by atoms with van der Waals surface area (Å²) in [6.07, 6.45) is 1.86. The maximum Gasteiger partial charge on any atom is 0.221 e. The Morgan fingerprint density at radius 1 is 1.16 bits per heavy atom. The van der Waals surface area contributed by atoms with E-state index in [1.807, 2.05) is 43.3 Å². The van der Waals surface area contributed by atoms with E-state index in [9.17, 15) is 13.2 Å². The van der Waals surface area contributed by atoms with E-state index in [1.165, 1.54) is 0 Å². The molecule has 1 aliphatic rings. The standard InChI is InChI=1S/C23H23N5O3S/c1-14-2-3-15(13-25-14)19-10-16(11-21(24)29)22-23(26-19)18-5-4-17(12-20(18)27-22)28-6-8-32(30,31)9-7-28/h2-5,10,12-13,27H,6-9,11H2,1H3,(H2,24,29). The maximum absolute atomic E-state index is 11.8. The molecule has 3 N–H and O–H groups in total. The van der Waals surface area contributed by atoms with Crippen molar-refractivity contribution in [3.05, 3.63) is 53.9 Å². The first kappa shape index (κ1) is 20.4. The monoisotopic (exact) mass is 449 g/mol. The van der Waals surface area contributed by atoms with Crippen LogP contribution in [0.3, 0.4) is 0 Å². The summed E-state index contributed by atoms with van der Waals surface area (Å²) >= 11 is 0. The third-order valence-corrected chi connectivity index (χ3v) is 7.51. The molecule has 0 unspecified atom stereocenters. The second-order valence-corrected chi connectivity index (χ2v) is 10.5. The van der Waals surface area contributed by atoms with Gasteiger partial charge in [0.15, 0.2) is 9.84 Å². The van der Waals surface area contributed by atoms with Crippen molar-refractivity contribution in [1.82, 2.24) is 15.0 Å². The molecule has 1 saturated heterocycles. The molecule has 0 saturated carbocycles. The van der Waals surface area contributed by atoms with Crippen molar-refractivity contribution in [2.45, 2.75) is 13.3 Å². The number of nitrogens with two attached hydrogens (primary N) is 1. The number of hydrogen-bond acceptors (Lipinski definition) is 6. The summed E-state index contributed by atoms with van der Waals surface area (Å²) in [5.74, 6) is -0.0919. The summed E-state index contributed by atoms with van der Waals surface area (Å²) in [6, 6.07) is 11.8. The molecule has 8 nitrogen and oxygen atoms in total. The zero-order valence-electron chi connectivity index (χ0n) is 17.6. The molecule has 3 aromatic heterocycles. The number of aromatic nitrogens is 3. The number of benzene rings is 1. The number of carbonyl (C=O) groups excluding carboxylic acids is 1. The largest absolute Gasteiger partial charge is 0.369 e. The number of amides is 1. The SMILES string of the molecule is Cc1ccc(-c2cc(CC(N)=O)c3[nH]c4cc(N5CCS(=O)(=O)CC5)ccc4c3n2)cn1. The molecule has 0 aliphatic carbocycles. The fourth-order valence-corrected chi connectivity index (χ4v) is 5.37. The first-order chi connectivity index (χ1) is 15.3. The number of nitrogens with zero attached hydrogens (tertiary/aromatic N) is 3. The highest BCUT2D eigenvalue weighted by Gasteiger charge is 2.22. The Morgan fingerprint density at radius 3 is 2.62 bits per heavy atom. The Morgan fingerprint density at radius 2 is 1.94 bits per heavy atom. The number of fused-ring (bicyclic) bond motifs is 3. The molecular formula is C23H23N5O3S. The summed E-state index contributed by atoms with van der Waals surface area (Å²) in [5, 5.41) is 0.932. The predicted molar refractivity (Wildman–Crippen MR) is 125 cm³/mol. The van der Waals surface area contributed by atoms with Crippen LogP contribution in [0.2, 0.25) is 0 Å². The molecule has 1 aromatic carbocycles. The molecule has 0 spiro atoms. The number of H-pyrrole nitrogens is 1. The zero-order chi connectivity index (χ0) is 22.5. The number of nitrogens with one attached hydrogen (secondary N) is 1. The van der Waals surface area contributed by atoms with E-state index in [-0.39, 0.29) is 17.9 Å². The molecule has 32 heavy (non-hydrogen) atoms. The van der Waals surface area contributed by atoms with Gasteiger partial charge in [-0.25, -0.2) is 13.4 Å². The number of hydrogen-bond donors (Lipinski definition) is 2. The van der Waals surface area contributed by atoms with Gasteiger partial charge in [-0.05, 0) is 48.9 Å². The van der Waals surface area contributed by atoms with Gasteiger partial charge in [0.25, 0.3) is 0 Å². The molecule has 9 heteroatoms. The summed E-state index contributed by atoms with van der Waals surface area (Å²) in [6.45, 7) is 2.88. The van der Waals surface area contributed by atoms with E-state index >= 15 is 0 Å². The molecule has 164 valence electrons. The quantitative estimate of drug-likeness (QED) is 0.493. The lowest BCUT2D eigenvalue weighted by atomic mass is 10.1. The van der Waals surface area contributed by atoms with Crippen LogP contribution in [0, 0.1) is 6.92 Å². The number of pyridine rings is 2. The van der Waals surface area contributed by atoms with Crippen molar-refractivity contribution < 1.29 is 13.2 Å². The molecule has 5 rings (SSSR count). The Labute approximate surface area is 185 Å². The Hall–Kier alpha value is -3.46. The molecule has 1 aliphatic heterocycles. The van der Waals surface area contributed by atoms with Crippen molar-refractivity contribution in [2.75, 3.05) is 29.5 Å². The molecule has 0 atom stereocenters. The molecule has 1 amide bonds. The summed E-state index contributed by atoms with van der Waals surface area (Å²) < 4.78 is 23.5. The number of carbonyl (C=O) groups is 1. The van der Waals surface area contributed by atoms with Gasteiger partial charge >= 0.3 is 0 Å². The highest BCUT2D eigenvalue weighted by Crippen LogP contribution is 2.32. The third kappa shape index (κ3) is 3.80. The molecule has 4 aromatic rings. The zero-order valence-corrected chi connectivity index (χ0v) is 18.4.